The van der Waals surface area contributed by atoms with Crippen LogP contribution in [0, 0.1) is 12.8 Å². The lowest BCUT2D eigenvalue weighted by Gasteiger charge is -2.38. The second-order valence-corrected chi connectivity index (χ2v) is 8.27. The summed E-state index contributed by atoms with van der Waals surface area (Å²) < 4.78 is 44.1. The van der Waals surface area contributed by atoms with Gasteiger partial charge in [-0.15, -0.1) is 0 Å². The summed E-state index contributed by atoms with van der Waals surface area (Å²) in [4.78, 5) is 28.8. The number of rotatable bonds is 4. The van der Waals surface area contributed by atoms with Crippen molar-refractivity contribution < 1.29 is 22.7 Å². The molecule has 1 atom stereocenters. The number of pyridine rings is 1. The van der Waals surface area contributed by atoms with Crippen LogP contribution in [0.1, 0.15) is 36.8 Å². The summed E-state index contributed by atoms with van der Waals surface area (Å²) in [5, 5.41) is 0. The third-order valence-corrected chi connectivity index (χ3v) is 6.03. The number of hydrogen-bond donors (Lipinski definition) is 0. The predicted octanol–water partition coefficient (Wildman–Crippen LogP) is 3.40. The summed E-state index contributed by atoms with van der Waals surface area (Å²) in [7, 11) is 3.58. The molecular formula is C21H24F3N5O2. The molecule has 2 aromatic heterocycles. The molecule has 0 unspecified atom stereocenters. The van der Waals surface area contributed by atoms with E-state index in [1.807, 2.05) is 25.8 Å². The summed E-state index contributed by atoms with van der Waals surface area (Å²) in [5.41, 5.74) is 0.651. The molecule has 1 amide bonds. The van der Waals surface area contributed by atoms with E-state index in [0.29, 0.717) is 25.1 Å². The molecule has 1 fully saturated rings. The first-order valence-electron chi connectivity index (χ1n) is 10.1. The highest BCUT2D eigenvalue weighted by atomic mass is 19.4. The number of carbonyl (C=O) groups excluding carboxylic acids is 1. The molecule has 4 rings (SSSR count). The molecule has 0 bridgehead atoms. The van der Waals surface area contributed by atoms with Crippen molar-refractivity contribution in [3.05, 3.63) is 35.5 Å². The van der Waals surface area contributed by atoms with Crippen LogP contribution >= 0.6 is 0 Å². The van der Waals surface area contributed by atoms with Crippen LogP contribution in [0.4, 0.5) is 24.7 Å². The van der Waals surface area contributed by atoms with Crippen LogP contribution in [0.25, 0.3) is 0 Å². The quantitative estimate of drug-likeness (QED) is 0.733. The molecule has 2 aromatic rings. The third-order valence-electron chi connectivity index (χ3n) is 6.03. The molecule has 0 saturated heterocycles. The zero-order valence-corrected chi connectivity index (χ0v) is 17.8. The number of halogens is 3. The SMILES string of the molecule is Cc1nc(CC2CC(Oc3cncc(C(F)(F)F)c3)C2)nc2c1N(C)C(=O)[C@H](C)N2C. The zero-order chi connectivity index (χ0) is 22.5. The Bertz CT molecular complexity index is 1010. The molecule has 3 heterocycles. The van der Waals surface area contributed by atoms with Crippen molar-refractivity contribution in [1.29, 1.82) is 0 Å². The molecule has 0 N–H and O–H groups in total. The lowest BCUT2D eigenvalue weighted by atomic mass is 9.80. The maximum Gasteiger partial charge on any atom is 0.418 e. The maximum absolute atomic E-state index is 12.8. The van der Waals surface area contributed by atoms with Crippen LogP contribution < -0.4 is 14.5 Å². The molecule has 31 heavy (non-hydrogen) atoms. The average molecular weight is 435 g/mol. The topological polar surface area (TPSA) is 71.5 Å². The highest BCUT2D eigenvalue weighted by molar-refractivity contribution is 6.04. The van der Waals surface area contributed by atoms with Crippen molar-refractivity contribution in [2.24, 2.45) is 5.92 Å². The molecule has 1 aliphatic heterocycles. The Labute approximate surface area is 178 Å². The van der Waals surface area contributed by atoms with E-state index in [1.165, 1.54) is 6.20 Å². The van der Waals surface area contributed by atoms with Crippen LogP contribution in [-0.2, 0) is 17.4 Å². The highest BCUT2D eigenvalue weighted by Gasteiger charge is 2.37. The lowest BCUT2D eigenvalue weighted by Crippen LogP contribution is -2.50. The Kier molecular flexibility index (Phi) is 5.26. The Morgan fingerprint density at radius 1 is 1.19 bits per heavy atom. The van der Waals surface area contributed by atoms with Gasteiger partial charge < -0.3 is 14.5 Å². The summed E-state index contributed by atoms with van der Waals surface area (Å²) in [6.07, 6.45) is -0.447. The van der Waals surface area contributed by atoms with Crippen molar-refractivity contribution in [2.75, 3.05) is 23.9 Å². The van der Waals surface area contributed by atoms with Crippen molar-refractivity contribution in [3.63, 3.8) is 0 Å². The second kappa shape index (κ2) is 7.65. The highest BCUT2D eigenvalue weighted by Crippen LogP contribution is 2.38. The van der Waals surface area contributed by atoms with Gasteiger partial charge in [0.15, 0.2) is 5.82 Å². The van der Waals surface area contributed by atoms with Crippen LogP contribution in [0.5, 0.6) is 5.75 Å². The molecule has 0 spiro atoms. The van der Waals surface area contributed by atoms with Gasteiger partial charge in [0, 0.05) is 26.7 Å². The zero-order valence-electron chi connectivity index (χ0n) is 17.8. The maximum atomic E-state index is 12.8. The summed E-state index contributed by atoms with van der Waals surface area (Å²) in [6, 6.07) is 0.674. The summed E-state index contributed by atoms with van der Waals surface area (Å²) in [6.45, 7) is 3.71. The predicted molar refractivity (Wildman–Crippen MR) is 108 cm³/mol. The average Bonchev–Trinajstić information content (AvgIpc) is 2.68. The molecule has 1 aliphatic carbocycles. The van der Waals surface area contributed by atoms with Gasteiger partial charge in [-0.25, -0.2) is 9.97 Å². The third kappa shape index (κ3) is 4.03. The number of aryl methyl sites for hydroxylation is 1. The number of anilines is 2. The van der Waals surface area contributed by atoms with Crippen molar-refractivity contribution in [2.45, 2.75) is 51.4 Å². The van der Waals surface area contributed by atoms with Crippen LogP contribution in [0.15, 0.2) is 18.5 Å². The normalized spacial score (nSPS) is 23.5. The number of aromatic nitrogens is 3. The van der Waals surface area contributed by atoms with E-state index in [-0.39, 0.29) is 29.7 Å². The Balaban J connectivity index is 1.40. The van der Waals surface area contributed by atoms with Gasteiger partial charge in [-0.05, 0) is 38.7 Å². The molecule has 1 saturated carbocycles. The molecule has 10 heteroatoms. The van der Waals surface area contributed by atoms with Gasteiger partial charge in [0.25, 0.3) is 0 Å². The van der Waals surface area contributed by atoms with Gasteiger partial charge in [-0.3, -0.25) is 9.78 Å². The number of nitrogens with zero attached hydrogens (tertiary/aromatic N) is 5. The van der Waals surface area contributed by atoms with E-state index in [1.54, 1.807) is 11.9 Å². The minimum Gasteiger partial charge on any atom is -0.489 e. The van der Waals surface area contributed by atoms with Gasteiger partial charge in [-0.1, -0.05) is 0 Å². The van der Waals surface area contributed by atoms with Gasteiger partial charge in [0.05, 0.1) is 23.6 Å². The van der Waals surface area contributed by atoms with E-state index < -0.39 is 11.7 Å². The minimum absolute atomic E-state index is 0.00230. The van der Waals surface area contributed by atoms with Gasteiger partial charge in [-0.2, -0.15) is 13.2 Å². The van der Waals surface area contributed by atoms with Crippen LogP contribution in [0.3, 0.4) is 0 Å². The number of ether oxygens (including phenoxy) is 1. The number of carbonyl (C=O) groups is 1. The number of hydrogen-bond acceptors (Lipinski definition) is 6. The van der Waals surface area contributed by atoms with E-state index >= 15 is 0 Å². The van der Waals surface area contributed by atoms with Gasteiger partial charge in [0.1, 0.15) is 23.3 Å². The van der Waals surface area contributed by atoms with Gasteiger partial charge >= 0.3 is 6.18 Å². The monoisotopic (exact) mass is 435 g/mol. The van der Waals surface area contributed by atoms with E-state index in [9.17, 15) is 18.0 Å². The first-order chi connectivity index (χ1) is 14.5. The smallest absolute Gasteiger partial charge is 0.418 e. The van der Waals surface area contributed by atoms with E-state index in [4.69, 9.17) is 9.72 Å². The molecule has 0 radical (unpaired) electrons. The fraction of sp³-hybridized carbons (Fsp3) is 0.524. The minimum atomic E-state index is -4.44. The van der Waals surface area contributed by atoms with E-state index in [0.717, 1.165) is 29.5 Å². The second-order valence-electron chi connectivity index (χ2n) is 8.27. The number of fused-ring (bicyclic) bond motifs is 1. The van der Waals surface area contributed by atoms with Crippen molar-refractivity contribution in [3.8, 4) is 5.75 Å². The Morgan fingerprint density at radius 3 is 2.58 bits per heavy atom. The molecule has 0 aromatic carbocycles. The first kappa shape index (κ1) is 21.3. The molecule has 2 aliphatic rings. The molecule has 7 nitrogen and oxygen atoms in total. The fourth-order valence-corrected chi connectivity index (χ4v) is 4.10. The number of amides is 1. The van der Waals surface area contributed by atoms with Gasteiger partial charge in [0.2, 0.25) is 5.91 Å². The standard InChI is InChI=1S/C21H24F3N5O2/c1-11-18-19(28(3)12(2)20(30)29(18)4)27-17(26-11)7-13-5-15(6-13)31-16-8-14(9-25-10-16)21(22,23)24/h8-10,12-13,15H,5-7H2,1-4H3/t12-,13?,15?/m0/s1. The van der Waals surface area contributed by atoms with E-state index in [2.05, 4.69) is 9.97 Å². The Hall–Kier alpha value is -2.91. The molecular weight excluding hydrogens is 411 g/mol. The van der Waals surface area contributed by atoms with Crippen molar-refractivity contribution in [1.82, 2.24) is 15.0 Å². The number of alkyl halides is 3. The van der Waals surface area contributed by atoms with Crippen LogP contribution in [-0.4, -0.2) is 47.1 Å². The largest absolute Gasteiger partial charge is 0.489 e. The number of likely N-dealkylation sites (N-methyl/N-ethyl adjacent to an activating group) is 2. The Morgan fingerprint density at radius 2 is 1.90 bits per heavy atom. The fourth-order valence-electron chi connectivity index (χ4n) is 4.10. The first-order valence-corrected chi connectivity index (χ1v) is 10.1. The lowest BCUT2D eigenvalue weighted by molar-refractivity contribution is -0.138. The summed E-state index contributed by atoms with van der Waals surface area (Å²) in [5.74, 6) is 1.84. The summed E-state index contributed by atoms with van der Waals surface area (Å²) >= 11 is 0. The molecule has 166 valence electrons. The van der Waals surface area contributed by atoms with Crippen LogP contribution in [0.2, 0.25) is 0 Å². The van der Waals surface area contributed by atoms with Crippen molar-refractivity contribution >= 4 is 17.4 Å².